The summed E-state index contributed by atoms with van der Waals surface area (Å²) >= 11 is 0. The molecule has 2 aliphatic carbocycles. The second kappa shape index (κ2) is 6.75. The molecule has 0 bridgehead atoms. The van der Waals surface area contributed by atoms with Crippen molar-refractivity contribution < 1.29 is 14.7 Å². The van der Waals surface area contributed by atoms with Crippen LogP contribution >= 0.6 is 0 Å². The lowest BCUT2D eigenvalue weighted by Gasteiger charge is -2.13. The molecule has 0 saturated heterocycles. The molecule has 6 nitrogen and oxygen atoms in total. The molecule has 2 rings (SSSR count). The van der Waals surface area contributed by atoms with E-state index in [9.17, 15) is 9.59 Å². The largest absolute Gasteiger partial charge is 0.481 e. The van der Waals surface area contributed by atoms with Crippen molar-refractivity contribution in [3.05, 3.63) is 0 Å². The van der Waals surface area contributed by atoms with Crippen molar-refractivity contribution in [2.45, 2.75) is 50.6 Å². The van der Waals surface area contributed by atoms with Crippen molar-refractivity contribution in [1.82, 2.24) is 16.0 Å². The van der Waals surface area contributed by atoms with Crippen LogP contribution in [0.15, 0.2) is 0 Å². The molecule has 0 heterocycles. The summed E-state index contributed by atoms with van der Waals surface area (Å²) in [6.45, 7) is 1.59. The van der Waals surface area contributed by atoms with Gasteiger partial charge in [-0.15, -0.1) is 0 Å². The van der Waals surface area contributed by atoms with Gasteiger partial charge in [-0.3, -0.25) is 4.79 Å². The van der Waals surface area contributed by atoms with E-state index in [-0.39, 0.29) is 18.0 Å². The summed E-state index contributed by atoms with van der Waals surface area (Å²) in [5, 5.41) is 17.9. The number of nitrogens with one attached hydrogen (secondary N) is 3. The van der Waals surface area contributed by atoms with Gasteiger partial charge in [0.25, 0.3) is 0 Å². The van der Waals surface area contributed by atoms with Crippen LogP contribution in [0.2, 0.25) is 0 Å². The first kappa shape index (κ1) is 14.1. The van der Waals surface area contributed by atoms with E-state index in [4.69, 9.17) is 5.11 Å². The number of hydrogen-bond donors (Lipinski definition) is 4. The number of hydrogen-bond acceptors (Lipinski definition) is 3. The zero-order chi connectivity index (χ0) is 13.7. The maximum absolute atomic E-state index is 11.6. The number of carboxylic acids is 1. The molecule has 2 unspecified atom stereocenters. The van der Waals surface area contributed by atoms with Gasteiger partial charge in [-0.2, -0.15) is 0 Å². The summed E-state index contributed by atoms with van der Waals surface area (Å²) < 4.78 is 0. The molecule has 0 aromatic heterocycles. The summed E-state index contributed by atoms with van der Waals surface area (Å²) in [5.74, 6) is -1.05. The molecule has 19 heavy (non-hydrogen) atoms. The third-order valence-electron chi connectivity index (χ3n) is 3.77. The Balaban J connectivity index is 1.50. The van der Waals surface area contributed by atoms with Crippen LogP contribution in [0.5, 0.6) is 0 Å². The minimum Gasteiger partial charge on any atom is -0.481 e. The fourth-order valence-corrected chi connectivity index (χ4v) is 2.46. The molecule has 0 aliphatic heterocycles. The molecule has 0 spiro atoms. The number of carboxylic acid groups (broad SMARTS) is 1. The second-order valence-corrected chi connectivity index (χ2v) is 5.53. The highest BCUT2D eigenvalue weighted by atomic mass is 16.4. The number of urea groups is 1. The molecule has 2 saturated carbocycles. The third-order valence-corrected chi connectivity index (χ3v) is 3.77. The van der Waals surface area contributed by atoms with Crippen molar-refractivity contribution in [2.75, 3.05) is 13.1 Å². The smallest absolute Gasteiger partial charge is 0.315 e. The van der Waals surface area contributed by atoms with Crippen molar-refractivity contribution in [2.24, 2.45) is 5.92 Å². The van der Waals surface area contributed by atoms with Gasteiger partial charge >= 0.3 is 12.0 Å². The van der Waals surface area contributed by atoms with Crippen LogP contribution in [0.4, 0.5) is 4.79 Å². The number of amides is 2. The molecule has 2 atom stereocenters. The van der Waals surface area contributed by atoms with E-state index >= 15 is 0 Å². The Labute approximate surface area is 113 Å². The second-order valence-electron chi connectivity index (χ2n) is 5.53. The Morgan fingerprint density at radius 1 is 1.05 bits per heavy atom. The van der Waals surface area contributed by atoms with Crippen molar-refractivity contribution in [3.8, 4) is 0 Å². The molecule has 108 valence electrons. The molecular formula is C13H23N3O3. The molecule has 0 aromatic rings. The maximum atomic E-state index is 11.6. The van der Waals surface area contributed by atoms with Gasteiger partial charge in [0.2, 0.25) is 0 Å². The van der Waals surface area contributed by atoms with Crippen LogP contribution in [0.25, 0.3) is 0 Å². The zero-order valence-electron chi connectivity index (χ0n) is 11.2. The standard InChI is InChI=1S/C13H23N3O3/c17-12(18)9-2-3-11(8-9)16-13(19)15-7-1-6-14-10-4-5-10/h9-11,14H,1-8H2,(H,17,18)(H2,15,16,19). The third kappa shape index (κ3) is 5.06. The van der Waals surface area contributed by atoms with Gasteiger partial charge in [0, 0.05) is 18.6 Å². The first-order valence-electron chi connectivity index (χ1n) is 7.15. The molecular weight excluding hydrogens is 246 g/mol. The van der Waals surface area contributed by atoms with E-state index in [0.29, 0.717) is 25.4 Å². The van der Waals surface area contributed by atoms with E-state index < -0.39 is 5.97 Å². The summed E-state index contributed by atoms with van der Waals surface area (Å²) in [6.07, 6.45) is 5.44. The van der Waals surface area contributed by atoms with Gasteiger partial charge in [0.1, 0.15) is 0 Å². The fourth-order valence-electron chi connectivity index (χ4n) is 2.46. The summed E-state index contributed by atoms with van der Waals surface area (Å²) in [6, 6.07) is 0.536. The first-order valence-corrected chi connectivity index (χ1v) is 7.15. The Kier molecular flexibility index (Phi) is 5.01. The van der Waals surface area contributed by atoms with Crippen LogP contribution in [0.3, 0.4) is 0 Å². The molecule has 6 heteroatoms. The van der Waals surface area contributed by atoms with Crippen LogP contribution in [0.1, 0.15) is 38.5 Å². The maximum Gasteiger partial charge on any atom is 0.315 e. The van der Waals surface area contributed by atoms with E-state index in [1.54, 1.807) is 0 Å². The van der Waals surface area contributed by atoms with E-state index in [1.165, 1.54) is 12.8 Å². The highest BCUT2D eigenvalue weighted by Crippen LogP contribution is 2.25. The normalized spacial score (nSPS) is 26.1. The van der Waals surface area contributed by atoms with Crippen molar-refractivity contribution in [3.63, 3.8) is 0 Å². The monoisotopic (exact) mass is 269 g/mol. The Hall–Kier alpha value is -1.30. The molecule has 0 radical (unpaired) electrons. The van der Waals surface area contributed by atoms with E-state index in [0.717, 1.165) is 19.4 Å². The molecule has 2 fully saturated rings. The quantitative estimate of drug-likeness (QED) is 0.512. The zero-order valence-corrected chi connectivity index (χ0v) is 11.2. The van der Waals surface area contributed by atoms with E-state index in [2.05, 4.69) is 16.0 Å². The van der Waals surface area contributed by atoms with Gasteiger partial charge in [-0.1, -0.05) is 0 Å². The predicted molar refractivity (Wildman–Crippen MR) is 70.9 cm³/mol. The Morgan fingerprint density at radius 2 is 1.79 bits per heavy atom. The minimum absolute atomic E-state index is 0.00527. The number of rotatable bonds is 7. The Bertz CT molecular complexity index is 331. The fraction of sp³-hybridized carbons (Fsp3) is 0.846. The summed E-state index contributed by atoms with van der Waals surface area (Å²) in [4.78, 5) is 22.4. The predicted octanol–water partition coefficient (Wildman–Crippen LogP) is 0.681. The van der Waals surface area contributed by atoms with E-state index in [1.807, 2.05) is 0 Å². The molecule has 4 N–H and O–H groups in total. The van der Waals surface area contributed by atoms with Gasteiger partial charge in [0.15, 0.2) is 0 Å². The lowest BCUT2D eigenvalue weighted by molar-refractivity contribution is -0.141. The highest BCUT2D eigenvalue weighted by molar-refractivity contribution is 5.75. The lowest BCUT2D eigenvalue weighted by atomic mass is 10.1. The topological polar surface area (TPSA) is 90.5 Å². The first-order chi connectivity index (χ1) is 9.15. The van der Waals surface area contributed by atoms with Gasteiger partial charge < -0.3 is 21.1 Å². The van der Waals surface area contributed by atoms with Crippen LogP contribution in [-0.4, -0.2) is 42.3 Å². The molecule has 0 aromatic carbocycles. The van der Waals surface area contributed by atoms with Crippen LogP contribution in [-0.2, 0) is 4.79 Å². The lowest BCUT2D eigenvalue weighted by Crippen LogP contribution is -2.42. The summed E-state index contributed by atoms with van der Waals surface area (Å²) in [7, 11) is 0. The van der Waals surface area contributed by atoms with Crippen molar-refractivity contribution >= 4 is 12.0 Å². The molecule has 2 aliphatic rings. The van der Waals surface area contributed by atoms with Gasteiger partial charge in [-0.05, 0) is 45.1 Å². The average Bonchev–Trinajstić information content (AvgIpc) is 3.06. The van der Waals surface area contributed by atoms with Crippen molar-refractivity contribution in [1.29, 1.82) is 0 Å². The minimum atomic E-state index is -0.754. The average molecular weight is 269 g/mol. The van der Waals surface area contributed by atoms with Gasteiger partial charge in [0.05, 0.1) is 5.92 Å². The van der Waals surface area contributed by atoms with Gasteiger partial charge in [-0.25, -0.2) is 4.79 Å². The number of carbonyl (C=O) groups excluding carboxylic acids is 1. The SMILES string of the molecule is O=C(NCCCNC1CC1)NC1CCC(C(=O)O)C1. The Morgan fingerprint density at radius 3 is 2.42 bits per heavy atom. The molecule has 2 amide bonds. The summed E-state index contributed by atoms with van der Waals surface area (Å²) in [5.41, 5.74) is 0. The number of carbonyl (C=O) groups is 2. The van der Waals surface area contributed by atoms with Crippen LogP contribution < -0.4 is 16.0 Å². The highest BCUT2D eigenvalue weighted by Gasteiger charge is 2.30. The number of aliphatic carboxylic acids is 1. The van der Waals surface area contributed by atoms with Crippen LogP contribution in [0, 0.1) is 5.92 Å².